The lowest BCUT2D eigenvalue weighted by Gasteiger charge is -2.12. The highest BCUT2D eigenvalue weighted by Crippen LogP contribution is 2.27. The van der Waals surface area contributed by atoms with Crippen LogP contribution >= 0.6 is 11.6 Å². The Kier molecular flexibility index (Phi) is 5.99. The SMILES string of the molecule is O=C(Nc1ccc(S(=O)(=O)Nc2cccc3ccccc23)cc1)c1cc([N+](=O)[O-])ccc1Cl. The molecule has 4 aromatic carbocycles. The molecule has 0 atom stereocenters. The number of sulfonamides is 1. The summed E-state index contributed by atoms with van der Waals surface area (Å²) >= 11 is 5.99. The highest BCUT2D eigenvalue weighted by Gasteiger charge is 2.18. The summed E-state index contributed by atoms with van der Waals surface area (Å²) in [7, 11) is -3.88. The van der Waals surface area contributed by atoms with Crippen LogP contribution in [0.25, 0.3) is 10.8 Å². The lowest BCUT2D eigenvalue weighted by atomic mass is 10.1. The van der Waals surface area contributed by atoms with Gasteiger partial charge in [-0.3, -0.25) is 19.6 Å². The highest BCUT2D eigenvalue weighted by molar-refractivity contribution is 7.92. The van der Waals surface area contributed by atoms with E-state index in [4.69, 9.17) is 11.6 Å². The van der Waals surface area contributed by atoms with E-state index in [9.17, 15) is 23.3 Å². The largest absolute Gasteiger partial charge is 0.322 e. The van der Waals surface area contributed by atoms with Crippen molar-refractivity contribution in [1.82, 2.24) is 0 Å². The molecule has 1 amide bonds. The quantitative estimate of drug-likeness (QED) is 0.280. The van der Waals surface area contributed by atoms with Crippen molar-refractivity contribution < 1.29 is 18.1 Å². The maximum Gasteiger partial charge on any atom is 0.270 e. The Morgan fingerprint density at radius 2 is 1.61 bits per heavy atom. The maximum absolute atomic E-state index is 12.9. The number of anilines is 2. The van der Waals surface area contributed by atoms with Crippen LogP contribution in [0.3, 0.4) is 0 Å². The number of hydrogen-bond donors (Lipinski definition) is 2. The van der Waals surface area contributed by atoms with Crippen molar-refractivity contribution in [2.24, 2.45) is 0 Å². The van der Waals surface area contributed by atoms with Crippen LogP contribution in [0.5, 0.6) is 0 Å². The zero-order valence-corrected chi connectivity index (χ0v) is 18.4. The monoisotopic (exact) mass is 481 g/mol. The summed E-state index contributed by atoms with van der Waals surface area (Å²) in [6.07, 6.45) is 0. The van der Waals surface area contributed by atoms with E-state index in [0.29, 0.717) is 11.4 Å². The summed E-state index contributed by atoms with van der Waals surface area (Å²) in [4.78, 5) is 22.8. The van der Waals surface area contributed by atoms with E-state index in [1.54, 1.807) is 12.1 Å². The average molecular weight is 482 g/mol. The number of non-ortho nitro benzene ring substituents is 1. The molecular weight excluding hydrogens is 466 g/mol. The first-order valence-corrected chi connectivity index (χ1v) is 11.5. The molecule has 0 aliphatic rings. The maximum atomic E-state index is 12.9. The molecule has 0 saturated carbocycles. The summed E-state index contributed by atoms with van der Waals surface area (Å²) < 4.78 is 28.3. The number of benzene rings is 4. The second kappa shape index (κ2) is 8.89. The van der Waals surface area contributed by atoms with Crippen molar-refractivity contribution in [2.75, 3.05) is 10.0 Å². The Hall–Kier alpha value is -3.95. The van der Waals surface area contributed by atoms with E-state index >= 15 is 0 Å². The Balaban J connectivity index is 1.54. The number of carbonyl (C=O) groups is 1. The van der Waals surface area contributed by atoms with Crippen LogP contribution < -0.4 is 10.0 Å². The summed E-state index contributed by atoms with van der Waals surface area (Å²) in [5.41, 5.74) is 0.406. The summed E-state index contributed by atoms with van der Waals surface area (Å²) in [6, 6.07) is 21.8. The Labute approximate surface area is 194 Å². The van der Waals surface area contributed by atoms with Gasteiger partial charge in [-0.15, -0.1) is 0 Å². The van der Waals surface area contributed by atoms with Crippen LogP contribution in [0, 0.1) is 10.1 Å². The van der Waals surface area contributed by atoms with Gasteiger partial charge in [0.2, 0.25) is 0 Å². The third kappa shape index (κ3) is 4.79. The van der Waals surface area contributed by atoms with Crippen molar-refractivity contribution in [1.29, 1.82) is 0 Å². The number of fused-ring (bicyclic) bond motifs is 1. The summed E-state index contributed by atoms with van der Waals surface area (Å²) in [5, 5.41) is 15.2. The van der Waals surface area contributed by atoms with E-state index in [-0.39, 0.29) is 21.2 Å². The molecule has 0 heterocycles. The summed E-state index contributed by atoms with van der Waals surface area (Å²) in [5.74, 6) is -0.659. The Bertz CT molecular complexity index is 1480. The molecule has 4 aromatic rings. The first-order valence-electron chi connectivity index (χ1n) is 9.60. The number of halogens is 1. The van der Waals surface area contributed by atoms with Gasteiger partial charge in [0.05, 0.1) is 26.1 Å². The second-order valence-electron chi connectivity index (χ2n) is 7.03. The van der Waals surface area contributed by atoms with E-state index in [0.717, 1.165) is 16.8 Å². The second-order valence-corrected chi connectivity index (χ2v) is 9.12. The normalized spacial score (nSPS) is 11.2. The fourth-order valence-corrected chi connectivity index (χ4v) is 4.52. The van der Waals surface area contributed by atoms with Crippen LogP contribution in [0.4, 0.5) is 17.1 Å². The third-order valence-corrected chi connectivity index (χ3v) is 6.57. The van der Waals surface area contributed by atoms with Crippen LogP contribution in [-0.2, 0) is 10.0 Å². The van der Waals surface area contributed by atoms with Gasteiger partial charge < -0.3 is 5.32 Å². The van der Waals surface area contributed by atoms with Gasteiger partial charge in [-0.25, -0.2) is 8.42 Å². The molecule has 8 nitrogen and oxygen atoms in total. The molecule has 0 fully saturated rings. The first kappa shape index (κ1) is 22.3. The zero-order valence-electron chi connectivity index (χ0n) is 16.9. The fourth-order valence-electron chi connectivity index (χ4n) is 3.23. The predicted molar refractivity (Wildman–Crippen MR) is 127 cm³/mol. The van der Waals surface area contributed by atoms with Gasteiger partial charge in [-0.1, -0.05) is 48.0 Å². The molecule has 0 aliphatic carbocycles. The van der Waals surface area contributed by atoms with E-state index in [2.05, 4.69) is 10.0 Å². The molecule has 4 rings (SSSR count). The number of nitro groups is 1. The highest BCUT2D eigenvalue weighted by atomic mass is 35.5. The molecule has 0 bridgehead atoms. The molecule has 0 aromatic heterocycles. The van der Waals surface area contributed by atoms with Crippen molar-refractivity contribution in [3.8, 4) is 0 Å². The molecule has 0 unspecified atom stereocenters. The topological polar surface area (TPSA) is 118 Å². The molecule has 33 heavy (non-hydrogen) atoms. The smallest absolute Gasteiger partial charge is 0.270 e. The molecule has 0 aliphatic heterocycles. The molecule has 0 spiro atoms. The zero-order chi connectivity index (χ0) is 23.6. The molecule has 0 saturated heterocycles. The number of rotatable bonds is 6. The van der Waals surface area contributed by atoms with Gasteiger partial charge in [0.25, 0.3) is 21.6 Å². The number of amides is 1. The van der Waals surface area contributed by atoms with Crippen LogP contribution in [0.1, 0.15) is 10.4 Å². The number of nitro benzene ring substituents is 1. The van der Waals surface area contributed by atoms with E-state index in [1.165, 1.54) is 36.4 Å². The van der Waals surface area contributed by atoms with Crippen molar-refractivity contribution in [3.05, 3.63) is 106 Å². The van der Waals surface area contributed by atoms with Crippen LogP contribution in [-0.4, -0.2) is 19.2 Å². The fraction of sp³-hybridized carbons (Fsp3) is 0. The Morgan fingerprint density at radius 3 is 2.33 bits per heavy atom. The van der Waals surface area contributed by atoms with Crippen molar-refractivity contribution >= 4 is 55.4 Å². The van der Waals surface area contributed by atoms with Crippen LogP contribution in [0.15, 0.2) is 89.8 Å². The molecule has 0 radical (unpaired) electrons. The first-order chi connectivity index (χ1) is 15.7. The average Bonchev–Trinajstić information content (AvgIpc) is 2.79. The van der Waals surface area contributed by atoms with Crippen molar-refractivity contribution in [2.45, 2.75) is 4.90 Å². The van der Waals surface area contributed by atoms with Gasteiger partial charge >= 0.3 is 0 Å². The third-order valence-electron chi connectivity index (χ3n) is 4.86. The molecule has 10 heteroatoms. The van der Waals surface area contributed by atoms with Gasteiger partial charge in [0.1, 0.15) is 0 Å². The minimum atomic E-state index is -3.88. The van der Waals surface area contributed by atoms with Gasteiger partial charge in [-0.05, 0) is 41.8 Å². The minimum Gasteiger partial charge on any atom is -0.322 e. The van der Waals surface area contributed by atoms with Crippen LogP contribution in [0.2, 0.25) is 5.02 Å². The van der Waals surface area contributed by atoms with Crippen molar-refractivity contribution in [3.63, 3.8) is 0 Å². The lowest BCUT2D eigenvalue weighted by molar-refractivity contribution is -0.384. The molecule has 2 N–H and O–H groups in total. The van der Waals surface area contributed by atoms with E-state index in [1.807, 2.05) is 30.3 Å². The van der Waals surface area contributed by atoms with Gasteiger partial charge in [0, 0.05) is 23.2 Å². The van der Waals surface area contributed by atoms with E-state index < -0.39 is 20.9 Å². The lowest BCUT2D eigenvalue weighted by Crippen LogP contribution is -2.14. The number of nitrogens with zero attached hydrogens (tertiary/aromatic N) is 1. The van der Waals surface area contributed by atoms with Gasteiger partial charge in [-0.2, -0.15) is 0 Å². The number of carbonyl (C=O) groups excluding carboxylic acids is 1. The molecule has 166 valence electrons. The Morgan fingerprint density at radius 1 is 0.909 bits per heavy atom. The summed E-state index contributed by atoms with van der Waals surface area (Å²) in [6.45, 7) is 0. The number of hydrogen-bond acceptors (Lipinski definition) is 5. The minimum absolute atomic E-state index is 0.00168. The predicted octanol–water partition coefficient (Wildman–Crippen LogP) is 5.45. The molecular formula is C23H16ClN3O5S. The standard InChI is InChI=1S/C23H16ClN3O5S/c24-21-13-10-17(27(29)30)14-20(21)23(28)25-16-8-11-18(12-9-16)33(31,32)26-22-7-3-5-15-4-1-2-6-19(15)22/h1-14,26H,(H,25,28). The van der Waals surface area contributed by atoms with Gasteiger partial charge in [0.15, 0.2) is 0 Å². The number of nitrogens with one attached hydrogen (secondary N) is 2.